The molecule has 2 saturated heterocycles. The van der Waals surface area contributed by atoms with Gasteiger partial charge < -0.3 is 14.7 Å². The predicted molar refractivity (Wildman–Crippen MR) is 105 cm³/mol. The summed E-state index contributed by atoms with van der Waals surface area (Å²) in [4.78, 5) is 27.5. The Kier molecular flexibility index (Phi) is 6.90. The molecular formula is C19H21F3N4O4S. The van der Waals surface area contributed by atoms with Crippen LogP contribution in [0.25, 0.3) is 0 Å². The number of alkyl halides is 3. The summed E-state index contributed by atoms with van der Waals surface area (Å²) in [6.45, 7) is 2.16. The lowest BCUT2D eigenvalue weighted by Crippen LogP contribution is -2.60. The molecule has 1 unspecified atom stereocenters. The second-order valence-electron chi connectivity index (χ2n) is 7.32. The Morgan fingerprint density at radius 3 is 2.61 bits per heavy atom. The standard InChI is InChI=1S/C17H20N4O2S.C2HF3O2/c1-20-8-13(7-19-20)16(22)21-11-17(12-21)6-15(10-24-17)23-9-14-4-2-3-5-18-14;3-2(4,5)1(6)7/h2-5,7-8,15H,6,9-12H2,1H3;(H,6,7). The van der Waals surface area contributed by atoms with Crippen molar-refractivity contribution in [2.75, 3.05) is 18.8 Å². The van der Waals surface area contributed by atoms with Crippen LogP contribution in [-0.4, -0.2) is 72.5 Å². The van der Waals surface area contributed by atoms with Gasteiger partial charge in [-0.3, -0.25) is 14.5 Å². The normalized spacial score (nSPS) is 19.5. The van der Waals surface area contributed by atoms with E-state index in [0.717, 1.165) is 31.0 Å². The van der Waals surface area contributed by atoms with E-state index in [4.69, 9.17) is 14.6 Å². The summed E-state index contributed by atoms with van der Waals surface area (Å²) >= 11 is 1.94. The summed E-state index contributed by atoms with van der Waals surface area (Å²) in [5.41, 5.74) is 1.63. The van der Waals surface area contributed by atoms with Crippen molar-refractivity contribution in [1.29, 1.82) is 0 Å². The van der Waals surface area contributed by atoms with Crippen molar-refractivity contribution in [3.05, 3.63) is 48.0 Å². The van der Waals surface area contributed by atoms with Crippen molar-refractivity contribution in [3.63, 3.8) is 0 Å². The van der Waals surface area contributed by atoms with Gasteiger partial charge in [-0.05, 0) is 18.6 Å². The van der Waals surface area contributed by atoms with Gasteiger partial charge in [0.05, 0.1) is 34.9 Å². The van der Waals surface area contributed by atoms with Gasteiger partial charge in [-0.2, -0.15) is 18.3 Å². The average molecular weight is 458 g/mol. The zero-order chi connectivity index (χ0) is 22.6. The van der Waals surface area contributed by atoms with Crippen LogP contribution in [0.5, 0.6) is 0 Å². The van der Waals surface area contributed by atoms with E-state index in [1.165, 1.54) is 0 Å². The number of aromatic nitrogens is 3. The molecule has 2 aliphatic heterocycles. The molecule has 2 fully saturated rings. The van der Waals surface area contributed by atoms with E-state index in [1.807, 2.05) is 41.9 Å². The van der Waals surface area contributed by atoms with Gasteiger partial charge in [0.15, 0.2) is 0 Å². The second-order valence-corrected chi connectivity index (χ2v) is 8.81. The molecule has 0 aliphatic carbocycles. The largest absolute Gasteiger partial charge is 0.490 e. The molecule has 0 saturated carbocycles. The maximum absolute atomic E-state index is 12.4. The Morgan fingerprint density at radius 1 is 1.35 bits per heavy atom. The number of hydrogen-bond donors (Lipinski definition) is 1. The molecule has 1 N–H and O–H groups in total. The number of ether oxygens (including phenoxy) is 1. The summed E-state index contributed by atoms with van der Waals surface area (Å²) < 4.78 is 39.6. The Balaban J connectivity index is 0.000000339. The van der Waals surface area contributed by atoms with Crippen LogP contribution in [0.1, 0.15) is 22.5 Å². The number of carboxylic acids is 1. The number of aliphatic carboxylic acids is 1. The van der Waals surface area contributed by atoms with Gasteiger partial charge in [-0.1, -0.05) is 6.07 Å². The number of amides is 1. The fourth-order valence-electron chi connectivity index (χ4n) is 3.32. The Morgan fingerprint density at radius 2 is 2.06 bits per heavy atom. The van der Waals surface area contributed by atoms with E-state index in [-0.39, 0.29) is 16.8 Å². The highest BCUT2D eigenvalue weighted by molar-refractivity contribution is 8.01. The van der Waals surface area contributed by atoms with Crippen LogP contribution in [0.2, 0.25) is 0 Å². The van der Waals surface area contributed by atoms with Crippen molar-refractivity contribution >= 4 is 23.6 Å². The van der Waals surface area contributed by atoms with E-state index in [9.17, 15) is 18.0 Å². The third-order valence-corrected chi connectivity index (χ3v) is 6.38. The molecule has 2 aromatic rings. The molecule has 2 aliphatic rings. The van der Waals surface area contributed by atoms with E-state index < -0.39 is 12.1 Å². The molecule has 1 amide bonds. The van der Waals surface area contributed by atoms with Crippen molar-refractivity contribution in [2.45, 2.75) is 30.1 Å². The van der Waals surface area contributed by atoms with Crippen LogP contribution in [0.4, 0.5) is 13.2 Å². The molecule has 168 valence electrons. The van der Waals surface area contributed by atoms with E-state index in [1.54, 1.807) is 23.3 Å². The molecule has 4 heterocycles. The van der Waals surface area contributed by atoms with Crippen LogP contribution >= 0.6 is 11.8 Å². The van der Waals surface area contributed by atoms with E-state index in [0.29, 0.717) is 12.2 Å². The number of hydrogen-bond acceptors (Lipinski definition) is 6. The van der Waals surface area contributed by atoms with Gasteiger partial charge in [-0.25, -0.2) is 4.79 Å². The number of nitrogens with zero attached hydrogens (tertiary/aromatic N) is 4. The quantitative estimate of drug-likeness (QED) is 0.751. The minimum Gasteiger partial charge on any atom is -0.475 e. The molecule has 1 spiro atoms. The maximum Gasteiger partial charge on any atom is 0.490 e. The fourth-order valence-corrected chi connectivity index (χ4v) is 4.88. The first kappa shape index (κ1) is 23.1. The van der Waals surface area contributed by atoms with Gasteiger partial charge >= 0.3 is 12.1 Å². The molecule has 12 heteroatoms. The number of aryl methyl sites for hydroxylation is 1. The molecule has 0 bridgehead atoms. The minimum absolute atomic E-state index is 0.0761. The van der Waals surface area contributed by atoms with Gasteiger partial charge in [0, 0.05) is 38.3 Å². The van der Waals surface area contributed by atoms with Crippen LogP contribution in [-0.2, 0) is 23.2 Å². The Bertz CT molecular complexity index is 916. The molecule has 31 heavy (non-hydrogen) atoms. The van der Waals surface area contributed by atoms with Crippen molar-refractivity contribution < 1.29 is 32.6 Å². The third-order valence-electron chi connectivity index (χ3n) is 4.81. The topological polar surface area (TPSA) is 97.5 Å². The number of halogens is 3. The monoisotopic (exact) mass is 458 g/mol. The highest BCUT2D eigenvalue weighted by Crippen LogP contribution is 2.46. The minimum atomic E-state index is -5.08. The van der Waals surface area contributed by atoms with Gasteiger partial charge in [0.1, 0.15) is 0 Å². The molecular weight excluding hydrogens is 437 g/mol. The van der Waals surface area contributed by atoms with Gasteiger partial charge in [0.2, 0.25) is 0 Å². The highest BCUT2D eigenvalue weighted by Gasteiger charge is 2.51. The number of likely N-dealkylation sites (tertiary alicyclic amines) is 1. The van der Waals surface area contributed by atoms with Crippen molar-refractivity contribution in [2.24, 2.45) is 7.05 Å². The van der Waals surface area contributed by atoms with E-state index >= 15 is 0 Å². The number of rotatable bonds is 4. The number of thioether (sulfide) groups is 1. The summed E-state index contributed by atoms with van der Waals surface area (Å²) in [6, 6.07) is 5.87. The summed E-state index contributed by atoms with van der Waals surface area (Å²) in [5.74, 6) is -1.69. The number of carbonyl (C=O) groups excluding carboxylic acids is 1. The fraction of sp³-hybridized carbons (Fsp3) is 0.474. The second kappa shape index (κ2) is 9.27. The SMILES string of the molecule is Cn1cc(C(=O)N2CC3(CC(OCc4ccccn4)CS3)C2)cn1.O=C(O)C(F)(F)F. The molecule has 8 nitrogen and oxygen atoms in total. The smallest absolute Gasteiger partial charge is 0.475 e. The van der Waals surface area contributed by atoms with E-state index in [2.05, 4.69) is 10.1 Å². The first-order valence-electron chi connectivity index (χ1n) is 9.31. The Hall–Kier alpha value is -2.60. The lowest BCUT2D eigenvalue weighted by molar-refractivity contribution is -0.192. The molecule has 2 aromatic heterocycles. The average Bonchev–Trinajstić information content (AvgIpc) is 3.32. The van der Waals surface area contributed by atoms with Gasteiger partial charge in [0.25, 0.3) is 5.91 Å². The summed E-state index contributed by atoms with van der Waals surface area (Å²) in [7, 11) is 1.82. The first-order chi connectivity index (χ1) is 14.6. The highest BCUT2D eigenvalue weighted by atomic mass is 32.2. The maximum atomic E-state index is 12.4. The Labute approximate surface area is 180 Å². The number of pyridine rings is 1. The summed E-state index contributed by atoms with van der Waals surface area (Å²) in [5, 5.41) is 11.2. The lowest BCUT2D eigenvalue weighted by atomic mass is 9.92. The predicted octanol–water partition coefficient (Wildman–Crippen LogP) is 2.37. The van der Waals surface area contributed by atoms with Crippen molar-refractivity contribution in [3.8, 4) is 0 Å². The van der Waals surface area contributed by atoms with Gasteiger partial charge in [-0.15, -0.1) is 11.8 Å². The lowest BCUT2D eigenvalue weighted by Gasteiger charge is -2.47. The van der Waals surface area contributed by atoms with Crippen LogP contribution in [0, 0.1) is 0 Å². The molecule has 0 aromatic carbocycles. The first-order valence-corrected chi connectivity index (χ1v) is 10.3. The molecule has 1 atom stereocenters. The number of carbonyl (C=O) groups is 2. The third kappa shape index (κ3) is 5.97. The molecule has 0 radical (unpaired) electrons. The number of carboxylic acid groups (broad SMARTS) is 1. The van der Waals surface area contributed by atoms with Crippen LogP contribution in [0.15, 0.2) is 36.8 Å². The van der Waals surface area contributed by atoms with Crippen LogP contribution < -0.4 is 0 Å². The zero-order valence-electron chi connectivity index (χ0n) is 16.6. The zero-order valence-corrected chi connectivity index (χ0v) is 17.4. The summed E-state index contributed by atoms with van der Waals surface area (Å²) in [6.07, 6.45) is 1.35. The van der Waals surface area contributed by atoms with Crippen molar-refractivity contribution in [1.82, 2.24) is 19.7 Å². The molecule has 4 rings (SSSR count). The van der Waals surface area contributed by atoms with Crippen LogP contribution in [0.3, 0.4) is 0 Å².